The lowest BCUT2D eigenvalue weighted by molar-refractivity contribution is 0.0194. The van der Waals surface area contributed by atoms with Gasteiger partial charge in [-0.25, -0.2) is 9.59 Å². The predicted molar refractivity (Wildman–Crippen MR) is 97.7 cm³/mol. The first-order valence-corrected chi connectivity index (χ1v) is 8.27. The first-order valence-electron chi connectivity index (χ1n) is 8.27. The molecular formula is C20H24O6. The first-order chi connectivity index (χ1) is 11.9. The van der Waals surface area contributed by atoms with Gasteiger partial charge in [-0.1, -0.05) is 12.1 Å². The Balaban J connectivity index is 2.15. The minimum Gasteiger partial charge on any atom is -0.428 e. The maximum Gasteiger partial charge on any atom is 0.514 e. The Kier molecular flexibility index (Phi) is 5.44. The van der Waals surface area contributed by atoms with Crippen molar-refractivity contribution in [2.75, 3.05) is 0 Å². The third kappa shape index (κ3) is 6.27. The maximum absolute atomic E-state index is 11.8. The van der Waals surface area contributed by atoms with Crippen LogP contribution in [0.4, 0.5) is 9.59 Å². The molecule has 0 bridgehead atoms. The number of carbonyl (C=O) groups is 2. The largest absolute Gasteiger partial charge is 0.514 e. The van der Waals surface area contributed by atoms with Crippen molar-refractivity contribution in [3.63, 3.8) is 0 Å². The van der Waals surface area contributed by atoms with Crippen LogP contribution in [0.2, 0.25) is 0 Å². The van der Waals surface area contributed by atoms with Crippen molar-refractivity contribution in [1.82, 2.24) is 0 Å². The lowest BCUT2D eigenvalue weighted by Gasteiger charge is -2.19. The van der Waals surface area contributed by atoms with Gasteiger partial charge in [0.2, 0.25) is 0 Å². The van der Waals surface area contributed by atoms with Crippen LogP contribution in [-0.2, 0) is 9.47 Å². The second-order valence-electron chi connectivity index (χ2n) is 7.80. The van der Waals surface area contributed by atoms with Gasteiger partial charge < -0.3 is 18.9 Å². The van der Waals surface area contributed by atoms with Crippen LogP contribution in [0.15, 0.2) is 36.4 Å². The summed E-state index contributed by atoms with van der Waals surface area (Å²) in [6.45, 7) is 10.6. The Morgan fingerprint density at radius 3 is 1.38 bits per heavy atom. The van der Waals surface area contributed by atoms with Crippen molar-refractivity contribution in [2.45, 2.75) is 52.7 Å². The van der Waals surface area contributed by atoms with Gasteiger partial charge in [0, 0.05) is 0 Å². The molecule has 0 unspecified atom stereocenters. The van der Waals surface area contributed by atoms with E-state index < -0.39 is 23.5 Å². The molecule has 26 heavy (non-hydrogen) atoms. The number of hydrogen-bond acceptors (Lipinski definition) is 6. The van der Waals surface area contributed by atoms with Crippen LogP contribution in [0, 0.1) is 0 Å². The fraction of sp³-hybridized carbons (Fsp3) is 0.400. The molecule has 0 saturated heterocycles. The minimum atomic E-state index is -0.780. The van der Waals surface area contributed by atoms with Gasteiger partial charge in [0.1, 0.15) is 22.7 Å². The number of carbonyl (C=O) groups excluding carboxylic acids is 2. The zero-order valence-corrected chi connectivity index (χ0v) is 15.9. The third-order valence-electron chi connectivity index (χ3n) is 2.96. The van der Waals surface area contributed by atoms with E-state index in [4.69, 9.17) is 18.9 Å². The minimum absolute atomic E-state index is 0.334. The summed E-state index contributed by atoms with van der Waals surface area (Å²) in [4.78, 5) is 23.6. The van der Waals surface area contributed by atoms with Crippen molar-refractivity contribution in [3.05, 3.63) is 36.4 Å². The SMILES string of the molecule is CC(C)(C)OC(=O)Oc1ccc2ccc(OC(=O)OC(C)(C)C)cc2c1. The molecule has 0 amide bonds. The van der Waals surface area contributed by atoms with Gasteiger partial charge in [0.25, 0.3) is 0 Å². The summed E-state index contributed by atoms with van der Waals surface area (Å²) in [5.74, 6) is 0.669. The van der Waals surface area contributed by atoms with Gasteiger partial charge in [-0.15, -0.1) is 0 Å². The monoisotopic (exact) mass is 360 g/mol. The lowest BCUT2D eigenvalue weighted by Crippen LogP contribution is -2.26. The first kappa shape index (κ1) is 19.6. The zero-order chi connectivity index (χ0) is 19.5. The fourth-order valence-electron chi connectivity index (χ4n) is 2.06. The normalized spacial score (nSPS) is 11.8. The highest BCUT2D eigenvalue weighted by Crippen LogP contribution is 2.26. The smallest absolute Gasteiger partial charge is 0.428 e. The summed E-state index contributed by atoms with van der Waals surface area (Å²) in [7, 11) is 0. The second-order valence-corrected chi connectivity index (χ2v) is 7.80. The van der Waals surface area contributed by atoms with E-state index in [0.717, 1.165) is 10.8 Å². The van der Waals surface area contributed by atoms with Gasteiger partial charge in [-0.3, -0.25) is 0 Å². The number of fused-ring (bicyclic) bond motifs is 1. The summed E-state index contributed by atoms with van der Waals surface area (Å²) < 4.78 is 20.6. The molecule has 0 heterocycles. The zero-order valence-electron chi connectivity index (χ0n) is 15.9. The number of ether oxygens (including phenoxy) is 4. The molecule has 0 fully saturated rings. The average Bonchev–Trinajstić information content (AvgIpc) is 2.42. The van der Waals surface area contributed by atoms with Gasteiger partial charge in [-0.2, -0.15) is 0 Å². The second kappa shape index (κ2) is 7.23. The van der Waals surface area contributed by atoms with Crippen LogP contribution in [0.3, 0.4) is 0 Å². The van der Waals surface area contributed by atoms with Crippen LogP contribution in [0.25, 0.3) is 10.8 Å². The van der Waals surface area contributed by atoms with E-state index in [2.05, 4.69) is 0 Å². The van der Waals surface area contributed by atoms with E-state index in [9.17, 15) is 9.59 Å². The van der Waals surface area contributed by atoms with E-state index in [1.54, 1.807) is 77.9 Å². The topological polar surface area (TPSA) is 71.1 Å². The Morgan fingerprint density at radius 1 is 0.654 bits per heavy atom. The van der Waals surface area contributed by atoms with Crippen molar-refractivity contribution < 1.29 is 28.5 Å². The van der Waals surface area contributed by atoms with Crippen molar-refractivity contribution in [2.24, 2.45) is 0 Å². The number of hydrogen-bond donors (Lipinski definition) is 0. The third-order valence-corrected chi connectivity index (χ3v) is 2.96. The van der Waals surface area contributed by atoms with Crippen LogP contribution in [-0.4, -0.2) is 23.5 Å². The Labute approximate surface area is 153 Å². The van der Waals surface area contributed by atoms with Crippen LogP contribution in [0.5, 0.6) is 11.5 Å². The van der Waals surface area contributed by atoms with Gasteiger partial charge in [0.15, 0.2) is 0 Å². The summed E-state index contributed by atoms with van der Waals surface area (Å²) in [5.41, 5.74) is -1.27. The highest BCUT2D eigenvalue weighted by molar-refractivity contribution is 5.86. The standard InChI is InChI=1S/C20H24O6/c1-19(2,3)25-17(21)23-15-9-7-13-8-10-16(12-14(13)11-15)24-18(22)26-20(4,5)6/h7-12H,1-6H3. The van der Waals surface area contributed by atoms with Gasteiger partial charge >= 0.3 is 12.3 Å². The molecule has 0 aromatic heterocycles. The molecule has 2 aromatic carbocycles. The van der Waals surface area contributed by atoms with Gasteiger partial charge in [-0.05, 0) is 76.6 Å². The molecule has 6 nitrogen and oxygen atoms in total. The Morgan fingerprint density at radius 2 is 1.04 bits per heavy atom. The van der Waals surface area contributed by atoms with Gasteiger partial charge in [0.05, 0.1) is 0 Å². The van der Waals surface area contributed by atoms with Crippen LogP contribution >= 0.6 is 0 Å². The molecular weight excluding hydrogens is 336 g/mol. The number of benzene rings is 2. The summed E-state index contributed by atoms with van der Waals surface area (Å²) >= 11 is 0. The molecule has 2 rings (SSSR count). The predicted octanol–water partition coefficient (Wildman–Crippen LogP) is 5.47. The number of rotatable bonds is 2. The highest BCUT2D eigenvalue weighted by atomic mass is 16.7. The Hall–Kier alpha value is -2.76. The molecule has 0 aliphatic rings. The molecule has 140 valence electrons. The molecule has 0 saturated carbocycles. The van der Waals surface area contributed by atoms with Crippen LogP contribution in [0.1, 0.15) is 41.5 Å². The summed E-state index contributed by atoms with van der Waals surface area (Å²) in [5, 5.41) is 1.64. The molecule has 0 aliphatic heterocycles. The molecule has 2 aromatic rings. The molecule has 0 atom stereocenters. The lowest BCUT2D eigenvalue weighted by atomic mass is 10.1. The summed E-state index contributed by atoms with van der Waals surface area (Å²) in [6, 6.07) is 10.3. The molecule has 0 N–H and O–H groups in total. The highest BCUT2D eigenvalue weighted by Gasteiger charge is 2.19. The van der Waals surface area contributed by atoms with Crippen molar-refractivity contribution >= 4 is 23.1 Å². The summed E-state index contributed by atoms with van der Waals surface area (Å²) in [6.07, 6.45) is -1.56. The fourth-order valence-corrected chi connectivity index (χ4v) is 2.06. The van der Waals surface area contributed by atoms with Crippen LogP contribution < -0.4 is 9.47 Å². The molecule has 0 aliphatic carbocycles. The average molecular weight is 360 g/mol. The van der Waals surface area contributed by atoms with E-state index >= 15 is 0 Å². The van der Waals surface area contributed by atoms with Crippen molar-refractivity contribution in [3.8, 4) is 11.5 Å². The van der Waals surface area contributed by atoms with E-state index in [1.165, 1.54) is 0 Å². The molecule has 6 heteroatoms. The van der Waals surface area contributed by atoms with E-state index in [-0.39, 0.29) is 0 Å². The Bertz CT molecular complexity index is 746. The van der Waals surface area contributed by atoms with Crippen molar-refractivity contribution in [1.29, 1.82) is 0 Å². The quantitative estimate of drug-likeness (QED) is 0.522. The molecule has 0 radical (unpaired) electrons. The molecule has 0 spiro atoms. The maximum atomic E-state index is 11.8. The van der Waals surface area contributed by atoms with E-state index in [1.807, 2.05) is 0 Å². The van der Waals surface area contributed by atoms with E-state index in [0.29, 0.717) is 11.5 Å².